The Labute approximate surface area is 128 Å². The third kappa shape index (κ3) is 3.46. The van der Waals surface area contributed by atoms with Crippen LogP contribution in [0.4, 0.5) is 5.69 Å². The number of hydrogen-bond donors (Lipinski definition) is 2. The molecule has 0 aliphatic heterocycles. The van der Waals surface area contributed by atoms with Gasteiger partial charge in [-0.2, -0.15) is 0 Å². The van der Waals surface area contributed by atoms with Crippen molar-refractivity contribution in [3.05, 3.63) is 29.0 Å². The van der Waals surface area contributed by atoms with Crippen LogP contribution < -0.4 is 11.1 Å². The predicted molar refractivity (Wildman–Crippen MR) is 87.8 cm³/mol. The molecule has 108 valence electrons. The van der Waals surface area contributed by atoms with Crippen molar-refractivity contribution in [2.24, 2.45) is 11.1 Å². The molecule has 4 nitrogen and oxygen atoms in total. The first-order valence-corrected chi connectivity index (χ1v) is 7.58. The smallest absolute Gasteiger partial charge is 0.112 e. The van der Waals surface area contributed by atoms with Crippen molar-refractivity contribution in [2.75, 3.05) is 11.9 Å². The lowest BCUT2D eigenvalue weighted by Gasteiger charge is -2.32. The van der Waals surface area contributed by atoms with Gasteiger partial charge in [0.1, 0.15) is 5.52 Å². The molecule has 0 aliphatic carbocycles. The van der Waals surface area contributed by atoms with Crippen LogP contribution in [0.25, 0.3) is 11.0 Å². The molecule has 0 amide bonds. The molecule has 0 aromatic carbocycles. The van der Waals surface area contributed by atoms with Crippen LogP contribution in [0.5, 0.6) is 0 Å². The normalized spacial score (nSPS) is 13.4. The Balaban J connectivity index is 2.37. The van der Waals surface area contributed by atoms with Gasteiger partial charge in [-0.05, 0) is 46.4 Å². The van der Waals surface area contributed by atoms with Gasteiger partial charge in [0, 0.05) is 22.9 Å². The lowest BCUT2D eigenvalue weighted by atomic mass is 9.84. The first-order valence-electron chi connectivity index (χ1n) is 6.78. The Hall–Kier alpha value is -1.20. The summed E-state index contributed by atoms with van der Waals surface area (Å²) < 4.78 is 0.934. The largest absolute Gasteiger partial charge is 0.380 e. The molecule has 0 radical (unpaired) electrons. The summed E-state index contributed by atoms with van der Waals surface area (Å²) in [7, 11) is 0. The third-order valence-electron chi connectivity index (χ3n) is 3.37. The Morgan fingerprint density at radius 2 is 2.10 bits per heavy atom. The lowest BCUT2D eigenvalue weighted by molar-refractivity contribution is 0.329. The maximum atomic E-state index is 5.74. The molecule has 3 N–H and O–H groups in total. The Morgan fingerprint density at radius 3 is 2.75 bits per heavy atom. The number of nitrogens with one attached hydrogen (secondary N) is 1. The quantitative estimate of drug-likeness (QED) is 0.895. The van der Waals surface area contributed by atoms with Crippen LogP contribution >= 0.6 is 15.9 Å². The van der Waals surface area contributed by atoms with Crippen molar-refractivity contribution in [1.82, 2.24) is 9.97 Å². The van der Waals surface area contributed by atoms with Gasteiger partial charge in [0.25, 0.3) is 0 Å². The van der Waals surface area contributed by atoms with Crippen molar-refractivity contribution in [2.45, 2.75) is 33.2 Å². The minimum absolute atomic E-state index is 0.129. The number of hydrogen-bond acceptors (Lipinski definition) is 4. The second-order valence-corrected chi connectivity index (χ2v) is 6.94. The van der Waals surface area contributed by atoms with E-state index in [0.717, 1.165) is 27.6 Å². The standard InChI is InChI=1S/C15H21BrN4/c1-15(2,3)13(4-6-17)20-11-5-7-18-12-8-10(16)9-19-14(11)12/h5,7-9,13H,4,6,17H2,1-3H3,(H,18,20). The first-order chi connectivity index (χ1) is 9.41. The van der Waals surface area contributed by atoms with Crippen LogP contribution in [0.1, 0.15) is 27.2 Å². The zero-order chi connectivity index (χ0) is 14.8. The number of anilines is 1. The van der Waals surface area contributed by atoms with Gasteiger partial charge in [-0.1, -0.05) is 20.8 Å². The number of rotatable bonds is 4. The van der Waals surface area contributed by atoms with E-state index in [4.69, 9.17) is 5.73 Å². The molecule has 20 heavy (non-hydrogen) atoms. The Morgan fingerprint density at radius 1 is 1.35 bits per heavy atom. The minimum Gasteiger partial charge on any atom is -0.380 e. The van der Waals surface area contributed by atoms with E-state index in [1.165, 1.54) is 0 Å². The Bertz CT molecular complexity index is 592. The van der Waals surface area contributed by atoms with Crippen molar-refractivity contribution in [3.63, 3.8) is 0 Å². The fourth-order valence-electron chi connectivity index (χ4n) is 2.20. The molecule has 1 atom stereocenters. The van der Waals surface area contributed by atoms with E-state index >= 15 is 0 Å². The van der Waals surface area contributed by atoms with E-state index < -0.39 is 0 Å². The van der Waals surface area contributed by atoms with E-state index in [1.54, 1.807) is 12.4 Å². The van der Waals surface area contributed by atoms with Crippen LogP contribution in [0, 0.1) is 5.41 Å². The highest BCUT2D eigenvalue weighted by Gasteiger charge is 2.24. The van der Waals surface area contributed by atoms with Crippen LogP contribution in [-0.2, 0) is 0 Å². The molecule has 0 fully saturated rings. The summed E-state index contributed by atoms with van der Waals surface area (Å²) in [6, 6.07) is 4.24. The average molecular weight is 337 g/mol. The van der Waals surface area contributed by atoms with Gasteiger partial charge < -0.3 is 11.1 Å². The molecule has 0 spiro atoms. The van der Waals surface area contributed by atoms with Gasteiger partial charge in [-0.25, -0.2) is 0 Å². The van der Waals surface area contributed by atoms with Crippen molar-refractivity contribution in [1.29, 1.82) is 0 Å². The molecule has 2 rings (SSSR count). The predicted octanol–water partition coefficient (Wildman–Crippen LogP) is 3.57. The van der Waals surface area contributed by atoms with E-state index in [9.17, 15) is 0 Å². The lowest BCUT2D eigenvalue weighted by Crippen LogP contribution is -2.36. The summed E-state index contributed by atoms with van der Waals surface area (Å²) in [5.74, 6) is 0. The number of halogens is 1. The van der Waals surface area contributed by atoms with Crippen LogP contribution in [0.2, 0.25) is 0 Å². The molecule has 0 saturated heterocycles. The molecule has 0 saturated carbocycles. The van der Waals surface area contributed by atoms with Crippen LogP contribution in [-0.4, -0.2) is 22.6 Å². The number of nitrogens with two attached hydrogens (primary N) is 1. The molecular formula is C15H21BrN4. The monoisotopic (exact) mass is 336 g/mol. The summed E-state index contributed by atoms with van der Waals surface area (Å²) >= 11 is 3.43. The second kappa shape index (κ2) is 6.06. The molecule has 2 aromatic heterocycles. The van der Waals surface area contributed by atoms with E-state index in [1.807, 2.05) is 12.1 Å². The van der Waals surface area contributed by atoms with Crippen LogP contribution in [0.3, 0.4) is 0 Å². The van der Waals surface area contributed by atoms with E-state index in [2.05, 4.69) is 52.0 Å². The maximum Gasteiger partial charge on any atom is 0.112 e. The molecule has 2 aromatic rings. The molecule has 1 unspecified atom stereocenters. The topological polar surface area (TPSA) is 63.8 Å². The van der Waals surface area contributed by atoms with Gasteiger partial charge in [0.15, 0.2) is 0 Å². The summed E-state index contributed by atoms with van der Waals surface area (Å²) in [5, 5.41) is 3.58. The highest BCUT2D eigenvalue weighted by molar-refractivity contribution is 9.10. The van der Waals surface area contributed by atoms with Gasteiger partial charge in [-0.3, -0.25) is 9.97 Å². The van der Waals surface area contributed by atoms with Gasteiger partial charge >= 0.3 is 0 Å². The van der Waals surface area contributed by atoms with Gasteiger partial charge in [-0.15, -0.1) is 0 Å². The number of pyridine rings is 2. The summed E-state index contributed by atoms with van der Waals surface area (Å²) in [5.41, 5.74) is 8.65. The number of fused-ring (bicyclic) bond motifs is 1. The van der Waals surface area contributed by atoms with Crippen molar-refractivity contribution >= 4 is 32.7 Å². The van der Waals surface area contributed by atoms with E-state index in [-0.39, 0.29) is 5.41 Å². The number of nitrogens with zero attached hydrogens (tertiary/aromatic N) is 2. The summed E-state index contributed by atoms with van der Waals surface area (Å²) in [6.07, 6.45) is 4.52. The van der Waals surface area contributed by atoms with Crippen molar-refractivity contribution in [3.8, 4) is 0 Å². The summed E-state index contributed by atoms with van der Waals surface area (Å²) in [4.78, 5) is 8.83. The van der Waals surface area contributed by atoms with Gasteiger partial charge in [0.05, 0.1) is 11.2 Å². The zero-order valence-electron chi connectivity index (χ0n) is 12.2. The number of aromatic nitrogens is 2. The van der Waals surface area contributed by atoms with E-state index in [0.29, 0.717) is 12.6 Å². The highest BCUT2D eigenvalue weighted by Crippen LogP contribution is 2.28. The molecule has 0 bridgehead atoms. The van der Waals surface area contributed by atoms with Crippen molar-refractivity contribution < 1.29 is 0 Å². The second-order valence-electron chi connectivity index (χ2n) is 6.02. The molecular weight excluding hydrogens is 316 g/mol. The SMILES string of the molecule is CC(C)(C)C(CCN)Nc1ccnc2cc(Br)cnc12. The highest BCUT2D eigenvalue weighted by atomic mass is 79.9. The molecule has 2 heterocycles. The van der Waals surface area contributed by atoms with Crippen LogP contribution in [0.15, 0.2) is 29.0 Å². The maximum absolute atomic E-state index is 5.74. The first kappa shape index (κ1) is 15.2. The summed E-state index contributed by atoms with van der Waals surface area (Å²) in [6.45, 7) is 7.31. The minimum atomic E-state index is 0.129. The third-order valence-corrected chi connectivity index (χ3v) is 3.81. The fourth-order valence-corrected chi connectivity index (χ4v) is 2.52. The fraction of sp³-hybridized carbons (Fsp3) is 0.467. The molecule has 5 heteroatoms. The zero-order valence-corrected chi connectivity index (χ0v) is 13.7. The van der Waals surface area contributed by atoms with Gasteiger partial charge in [0.2, 0.25) is 0 Å². The molecule has 0 aliphatic rings. The Kier molecular flexibility index (Phi) is 4.60. The average Bonchev–Trinajstić information content (AvgIpc) is 2.37.